The highest BCUT2D eigenvalue weighted by Crippen LogP contribution is 2.34. The van der Waals surface area contributed by atoms with Crippen LogP contribution in [0.1, 0.15) is 48.5 Å². The van der Waals surface area contributed by atoms with Crippen molar-refractivity contribution < 1.29 is 0 Å². The van der Waals surface area contributed by atoms with Gasteiger partial charge in [0.2, 0.25) is 0 Å². The Morgan fingerprint density at radius 1 is 1.29 bits per heavy atom. The molecule has 2 unspecified atom stereocenters. The molecule has 0 amide bonds. The molecule has 1 aromatic heterocycles. The first-order valence-corrected chi connectivity index (χ1v) is 6.46. The SMILES string of the molecule is Cc1sccc1C1CCCCCC1N. The van der Waals surface area contributed by atoms with E-state index in [-0.39, 0.29) is 0 Å². The van der Waals surface area contributed by atoms with Gasteiger partial charge in [-0.2, -0.15) is 0 Å². The largest absolute Gasteiger partial charge is 0.327 e. The third-order valence-electron chi connectivity index (χ3n) is 3.37. The van der Waals surface area contributed by atoms with Crippen LogP contribution in [0.15, 0.2) is 11.4 Å². The standard InChI is InChI=1S/C12H19NS/c1-9-10(7-8-14-9)11-5-3-2-4-6-12(11)13/h7-8,11-12H,2-6,13H2,1H3. The maximum Gasteiger partial charge on any atom is 0.0108 e. The van der Waals surface area contributed by atoms with Gasteiger partial charge in [-0.15, -0.1) is 11.3 Å². The fourth-order valence-corrected chi connectivity index (χ4v) is 3.28. The summed E-state index contributed by atoms with van der Waals surface area (Å²) in [7, 11) is 0. The van der Waals surface area contributed by atoms with Gasteiger partial charge in [0.05, 0.1) is 0 Å². The van der Waals surface area contributed by atoms with E-state index in [4.69, 9.17) is 5.73 Å². The lowest BCUT2D eigenvalue weighted by molar-refractivity contribution is 0.505. The smallest absolute Gasteiger partial charge is 0.0108 e. The van der Waals surface area contributed by atoms with Gasteiger partial charge in [0.25, 0.3) is 0 Å². The van der Waals surface area contributed by atoms with Gasteiger partial charge < -0.3 is 5.73 Å². The third kappa shape index (κ3) is 2.01. The quantitative estimate of drug-likeness (QED) is 0.705. The first-order chi connectivity index (χ1) is 6.79. The van der Waals surface area contributed by atoms with E-state index in [0.717, 1.165) is 0 Å². The fraction of sp³-hybridized carbons (Fsp3) is 0.667. The van der Waals surface area contributed by atoms with Crippen LogP contribution in [0.5, 0.6) is 0 Å². The molecule has 1 aliphatic carbocycles. The predicted molar refractivity (Wildman–Crippen MR) is 62.9 cm³/mol. The lowest BCUT2D eigenvalue weighted by atomic mass is 9.89. The van der Waals surface area contributed by atoms with E-state index in [1.54, 1.807) is 0 Å². The molecule has 1 aliphatic rings. The van der Waals surface area contributed by atoms with E-state index in [2.05, 4.69) is 18.4 Å². The minimum atomic E-state index is 0.394. The first-order valence-electron chi connectivity index (χ1n) is 5.58. The van der Waals surface area contributed by atoms with Gasteiger partial charge in [0, 0.05) is 16.8 Å². The molecule has 0 saturated heterocycles. The van der Waals surface area contributed by atoms with Crippen molar-refractivity contribution in [2.45, 2.75) is 51.0 Å². The van der Waals surface area contributed by atoms with E-state index >= 15 is 0 Å². The maximum atomic E-state index is 6.24. The van der Waals surface area contributed by atoms with E-state index in [0.29, 0.717) is 12.0 Å². The third-order valence-corrected chi connectivity index (χ3v) is 4.23. The molecule has 0 bridgehead atoms. The first kappa shape index (κ1) is 10.2. The second-order valence-corrected chi connectivity index (χ2v) is 5.46. The number of thiophene rings is 1. The van der Waals surface area contributed by atoms with Crippen LogP contribution in [0.2, 0.25) is 0 Å². The van der Waals surface area contributed by atoms with Crippen LogP contribution in [0.25, 0.3) is 0 Å². The molecule has 0 aliphatic heterocycles. The van der Waals surface area contributed by atoms with Crippen LogP contribution in [0, 0.1) is 6.92 Å². The fourth-order valence-electron chi connectivity index (χ4n) is 2.50. The van der Waals surface area contributed by atoms with Gasteiger partial charge in [-0.1, -0.05) is 19.3 Å². The van der Waals surface area contributed by atoms with Crippen molar-refractivity contribution in [3.05, 3.63) is 21.9 Å². The molecule has 1 nitrogen and oxygen atoms in total. The second kappa shape index (κ2) is 4.45. The van der Waals surface area contributed by atoms with Crippen LogP contribution in [0.3, 0.4) is 0 Å². The van der Waals surface area contributed by atoms with Crippen molar-refractivity contribution in [2.24, 2.45) is 5.73 Å². The molecule has 2 rings (SSSR count). The Kier molecular flexibility index (Phi) is 3.24. The minimum Gasteiger partial charge on any atom is -0.327 e. The Morgan fingerprint density at radius 2 is 2.07 bits per heavy atom. The summed E-state index contributed by atoms with van der Waals surface area (Å²) >= 11 is 1.85. The summed E-state index contributed by atoms with van der Waals surface area (Å²) in [5.74, 6) is 0.628. The zero-order chi connectivity index (χ0) is 9.97. The van der Waals surface area contributed by atoms with Crippen molar-refractivity contribution in [1.82, 2.24) is 0 Å². The summed E-state index contributed by atoms with van der Waals surface area (Å²) in [4.78, 5) is 1.47. The summed E-state index contributed by atoms with van der Waals surface area (Å²) in [6, 6.07) is 2.67. The Bertz CT molecular complexity index is 292. The zero-order valence-electron chi connectivity index (χ0n) is 8.83. The Balaban J connectivity index is 2.19. The van der Waals surface area contributed by atoms with E-state index in [9.17, 15) is 0 Å². The van der Waals surface area contributed by atoms with Gasteiger partial charge in [-0.05, 0) is 36.8 Å². The van der Waals surface area contributed by atoms with E-state index in [1.807, 2.05) is 11.3 Å². The molecule has 78 valence electrons. The zero-order valence-corrected chi connectivity index (χ0v) is 9.65. The molecular formula is C12H19NS. The van der Waals surface area contributed by atoms with Crippen molar-refractivity contribution in [2.75, 3.05) is 0 Å². The molecule has 2 atom stereocenters. The number of rotatable bonds is 1. The second-order valence-electron chi connectivity index (χ2n) is 4.34. The van der Waals surface area contributed by atoms with Gasteiger partial charge in [0.1, 0.15) is 0 Å². The van der Waals surface area contributed by atoms with Crippen molar-refractivity contribution >= 4 is 11.3 Å². The highest BCUT2D eigenvalue weighted by molar-refractivity contribution is 7.10. The average Bonchev–Trinajstić information content (AvgIpc) is 2.46. The number of hydrogen-bond acceptors (Lipinski definition) is 2. The Hall–Kier alpha value is -0.340. The monoisotopic (exact) mass is 209 g/mol. The molecule has 0 spiro atoms. The normalized spacial score (nSPS) is 28.7. The lowest BCUT2D eigenvalue weighted by Crippen LogP contribution is -2.27. The Morgan fingerprint density at radius 3 is 2.79 bits per heavy atom. The van der Waals surface area contributed by atoms with Gasteiger partial charge in [-0.25, -0.2) is 0 Å². The molecule has 2 N–H and O–H groups in total. The summed E-state index contributed by atoms with van der Waals surface area (Å²) in [6.07, 6.45) is 6.54. The van der Waals surface area contributed by atoms with Crippen LogP contribution in [-0.4, -0.2) is 6.04 Å². The summed E-state index contributed by atoms with van der Waals surface area (Å²) in [5, 5.41) is 2.20. The van der Waals surface area contributed by atoms with Gasteiger partial charge in [0.15, 0.2) is 0 Å². The van der Waals surface area contributed by atoms with Crippen LogP contribution in [0.4, 0.5) is 0 Å². The van der Waals surface area contributed by atoms with Gasteiger partial charge in [-0.3, -0.25) is 0 Å². The number of aryl methyl sites for hydroxylation is 1. The predicted octanol–water partition coefficient (Wildman–Crippen LogP) is 3.43. The van der Waals surface area contributed by atoms with Crippen LogP contribution < -0.4 is 5.73 Å². The summed E-state index contributed by atoms with van der Waals surface area (Å²) < 4.78 is 0. The molecule has 14 heavy (non-hydrogen) atoms. The molecule has 1 heterocycles. The highest BCUT2D eigenvalue weighted by Gasteiger charge is 2.23. The lowest BCUT2D eigenvalue weighted by Gasteiger charge is -2.21. The minimum absolute atomic E-state index is 0.394. The van der Waals surface area contributed by atoms with Crippen molar-refractivity contribution in [3.8, 4) is 0 Å². The molecule has 2 heteroatoms. The van der Waals surface area contributed by atoms with Crippen molar-refractivity contribution in [1.29, 1.82) is 0 Å². The topological polar surface area (TPSA) is 26.0 Å². The van der Waals surface area contributed by atoms with E-state index in [1.165, 1.54) is 42.5 Å². The van der Waals surface area contributed by atoms with E-state index < -0.39 is 0 Å². The molecule has 1 fully saturated rings. The Labute approximate surface area is 90.3 Å². The maximum absolute atomic E-state index is 6.24. The van der Waals surface area contributed by atoms with Crippen molar-refractivity contribution in [3.63, 3.8) is 0 Å². The highest BCUT2D eigenvalue weighted by atomic mass is 32.1. The van der Waals surface area contributed by atoms with Crippen LogP contribution in [-0.2, 0) is 0 Å². The molecular weight excluding hydrogens is 190 g/mol. The summed E-state index contributed by atoms with van der Waals surface area (Å²) in [6.45, 7) is 2.22. The molecule has 1 saturated carbocycles. The van der Waals surface area contributed by atoms with Gasteiger partial charge >= 0.3 is 0 Å². The summed E-state index contributed by atoms with van der Waals surface area (Å²) in [5.41, 5.74) is 7.76. The molecule has 0 radical (unpaired) electrons. The molecule has 0 aromatic carbocycles. The number of nitrogens with two attached hydrogens (primary N) is 1. The number of hydrogen-bond donors (Lipinski definition) is 1. The average molecular weight is 209 g/mol. The molecule has 1 aromatic rings. The van der Waals surface area contributed by atoms with Crippen LogP contribution >= 0.6 is 11.3 Å².